The van der Waals surface area contributed by atoms with Crippen LogP contribution < -0.4 is 5.73 Å². The molecule has 5 unspecified atom stereocenters. The van der Waals surface area contributed by atoms with E-state index in [0.717, 1.165) is 7.96 Å². The number of nitrogens with two attached hydrogens (primary N) is 1. The van der Waals surface area contributed by atoms with E-state index in [1.165, 1.54) is 6.92 Å². The van der Waals surface area contributed by atoms with Crippen molar-refractivity contribution in [2.24, 2.45) is 5.73 Å². The minimum atomic E-state index is -0.333. The van der Waals surface area contributed by atoms with Crippen molar-refractivity contribution in [1.82, 2.24) is 0 Å². The molecule has 0 spiro atoms. The molecule has 2 N–H and O–H groups in total. The van der Waals surface area contributed by atoms with Gasteiger partial charge in [-0.1, -0.05) is 7.96 Å². The monoisotopic (exact) mass is 379 g/mol. The fraction of sp³-hybridized carbons (Fsp3) is 0.500. The van der Waals surface area contributed by atoms with Crippen LogP contribution in [0.15, 0.2) is 0 Å². The molecule has 0 aliphatic carbocycles. The molecular weight excluding hydrogens is 367 g/mol. The molecule has 5 atom stereocenters. The minimum absolute atomic E-state index is 0.215. The Balaban J connectivity index is 0. The highest BCUT2D eigenvalue weighted by Gasteiger charge is 2.03. The molecule has 0 aromatic rings. The van der Waals surface area contributed by atoms with Gasteiger partial charge in [0.2, 0.25) is 5.91 Å². The van der Waals surface area contributed by atoms with Crippen LogP contribution in [0.1, 0.15) is 6.92 Å². The molecule has 68 valence electrons. The van der Waals surface area contributed by atoms with E-state index in [2.05, 4.69) is 54.6 Å². The Morgan fingerprint density at radius 1 is 1.64 bits per heavy atom. The number of amides is 1. The second kappa shape index (κ2) is 10.9. The van der Waals surface area contributed by atoms with E-state index in [1.807, 2.05) is 0 Å². The van der Waals surface area contributed by atoms with Gasteiger partial charge in [-0.05, 0) is 29.0 Å². The summed E-state index contributed by atoms with van der Waals surface area (Å²) in [5.41, 5.74) is 4.47. The standard InChI is InChI=1S/C2H5NO.H7IP6/c1-2(3)4;1-6(5-2)7(3)4/h1H3,(H2,3,4);5H,2-4H2. The zero-order chi connectivity index (χ0) is 9.44. The second-order valence-electron chi connectivity index (χ2n) is 1.38. The van der Waals surface area contributed by atoms with Crippen LogP contribution in [0.5, 0.6) is 0 Å². The minimum Gasteiger partial charge on any atom is -0.370 e. The summed E-state index contributed by atoms with van der Waals surface area (Å²) >= 11 is 2.54. The van der Waals surface area contributed by atoms with Crippen molar-refractivity contribution in [3.63, 3.8) is 0 Å². The Morgan fingerprint density at radius 2 is 1.91 bits per heavy atom. The first-order valence-electron chi connectivity index (χ1n) is 2.39. The lowest BCUT2D eigenvalue weighted by molar-refractivity contribution is -0.115. The molecule has 0 bridgehead atoms. The summed E-state index contributed by atoms with van der Waals surface area (Å²) < 4.78 is 0. The van der Waals surface area contributed by atoms with Crippen molar-refractivity contribution < 1.29 is 4.79 Å². The lowest BCUT2D eigenvalue weighted by Crippen LogP contribution is -2.01. The van der Waals surface area contributed by atoms with E-state index >= 15 is 0 Å². The molecular formula is C2H12INOP6. The molecule has 0 saturated carbocycles. The molecule has 0 aliphatic heterocycles. The summed E-state index contributed by atoms with van der Waals surface area (Å²) in [4.78, 5) is 9.54. The van der Waals surface area contributed by atoms with Crippen molar-refractivity contribution in [3.05, 3.63) is 0 Å². The maximum absolute atomic E-state index is 9.22. The van der Waals surface area contributed by atoms with Crippen LogP contribution in [0, 0.1) is 0 Å². The van der Waals surface area contributed by atoms with Gasteiger partial charge in [-0.2, -0.15) is 0 Å². The highest BCUT2D eigenvalue weighted by molar-refractivity contribution is 14.2. The van der Waals surface area contributed by atoms with Crippen molar-refractivity contribution in [2.45, 2.75) is 6.92 Å². The average molecular weight is 379 g/mol. The number of carbonyl (C=O) groups is 1. The van der Waals surface area contributed by atoms with Gasteiger partial charge in [0.05, 0.1) is 0 Å². The maximum Gasteiger partial charge on any atom is 0.214 e. The highest BCUT2D eigenvalue weighted by Crippen LogP contribution is 2.92. The molecule has 0 saturated heterocycles. The topological polar surface area (TPSA) is 43.1 Å². The van der Waals surface area contributed by atoms with Crippen LogP contribution in [0.4, 0.5) is 0 Å². The van der Waals surface area contributed by atoms with E-state index in [0.29, 0.717) is 4.94 Å². The summed E-state index contributed by atoms with van der Waals surface area (Å²) in [5, 5.41) is 0. The Bertz CT molecular complexity index is 107. The van der Waals surface area contributed by atoms with Gasteiger partial charge in [0, 0.05) is 11.9 Å². The molecule has 9 heteroatoms. The molecule has 1 amide bonds. The van der Waals surface area contributed by atoms with E-state index in [9.17, 15) is 4.79 Å². The summed E-state index contributed by atoms with van der Waals surface area (Å²) in [5.74, 6) is -0.333. The van der Waals surface area contributed by atoms with Gasteiger partial charge >= 0.3 is 0 Å². The molecule has 0 rings (SSSR count). The van der Waals surface area contributed by atoms with Crippen molar-refractivity contribution >= 4 is 74.6 Å². The predicted octanol–water partition coefficient (Wildman–Crippen LogP) is 3.67. The van der Waals surface area contributed by atoms with Crippen LogP contribution >= 0.6 is 68.7 Å². The lowest BCUT2D eigenvalue weighted by atomic mass is 10.8. The van der Waals surface area contributed by atoms with E-state index < -0.39 is 0 Å². The number of halogens is 1. The first kappa shape index (κ1) is 16.2. The first-order valence-corrected chi connectivity index (χ1v) is 15.5. The van der Waals surface area contributed by atoms with Crippen LogP contribution in [-0.2, 0) is 4.79 Å². The van der Waals surface area contributed by atoms with Crippen LogP contribution in [0.25, 0.3) is 0 Å². The Labute approximate surface area is 91.6 Å². The van der Waals surface area contributed by atoms with Gasteiger partial charge in [0.1, 0.15) is 0 Å². The second-order valence-corrected chi connectivity index (χ2v) is 26.7. The molecule has 0 aliphatic rings. The van der Waals surface area contributed by atoms with Crippen LogP contribution in [0.2, 0.25) is 0 Å². The Hall–Kier alpha value is 2.78. The molecule has 0 radical (unpaired) electrons. The largest absolute Gasteiger partial charge is 0.370 e. The SMILES string of the molecule is CC(N)=O.PPP(I)P(P)P. The normalized spacial score (nSPS) is 12.9. The highest BCUT2D eigenvalue weighted by atomic mass is 127. The number of carbonyl (C=O) groups excluding carboxylic acids is 1. The Morgan fingerprint density at radius 3 is 1.91 bits per heavy atom. The molecule has 0 heterocycles. The maximum atomic E-state index is 9.22. The van der Waals surface area contributed by atoms with Crippen molar-refractivity contribution in [3.8, 4) is 0 Å². The third-order valence-corrected chi connectivity index (χ3v) is 38.7. The van der Waals surface area contributed by atoms with Crippen molar-refractivity contribution in [1.29, 1.82) is 0 Å². The smallest absolute Gasteiger partial charge is 0.214 e. The zero-order valence-electron chi connectivity index (χ0n) is 5.99. The van der Waals surface area contributed by atoms with Crippen LogP contribution in [0.3, 0.4) is 0 Å². The quantitative estimate of drug-likeness (QED) is 0.578. The molecule has 11 heavy (non-hydrogen) atoms. The van der Waals surface area contributed by atoms with Gasteiger partial charge in [0.15, 0.2) is 0 Å². The number of hydrogen-bond acceptors (Lipinski definition) is 1. The first-order chi connectivity index (χ1) is 4.91. The molecule has 0 aromatic carbocycles. The summed E-state index contributed by atoms with van der Waals surface area (Å²) in [6.07, 6.45) is 0. The van der Waals surface area contributed by atoms with Gasteiger partial charge < -0.3 is 5.73 Å². The third-order valence-electron chi connectivity index (χ3n) is 0.309. The van der Waals surface area contributed by atoms with Crippen LogP contribution in [-0.4, -0.2) is 5.91 Å². The van der Waals surface area contributed by atoms with Gasteiger partial charge in [0.25, 0.3) is 0 Å². The van der Waals surface area contributed by atoms with E-state index in [-0.39, 0.29) is 12.9 Å². The number of primary amides is 1. The summed E-state index contributed by atoms with van der Waals surface area (Å²) in [7, 11) is 9.59. The molecule has 2 nitrogen and oxygen atoms in total. The Kier molecular flexibility index (Phi) is 16.0. The molecule has 0 aromatic heterocycles. The fourth-order valence-corrected chi connectivity index (χ4v) is 16.2. The van der Waals surface area contributed by atoms with Gasteiger partial charge in [-0.3, -0.25) is 4.79 Å². The fourth-order valence-electron chi connectivity index (χ4n) is 0.0667. The van der Waals surface area contributed by atoms with Gasteiger partial charge in [-0.15, -0.1) is 26.8 Å². The predicted molar refractivity (Wildman–Crippen MR) is 80.2 cm³/mol. The average Bonchev–Trinajstić information content (AvgIpc) is 1.85. The molecule has 0 fully saturated rings. The van der Waals surface area contributed by atoms with E-state index in [4.69, 9.17) is 0 Å². The van der Waals surface area contributed by atoms with Crippen molar-refractivity contribution in [2.75, 3.05) is 0 Å². The number of rotatable bonds is 2. The summed E-state index contributed by atoms with van der Waals surface area (Å²) in [6, 6.07) is 0. The lowest BCUT2D eigenvalue weighted by Gasteiger charge is -2.08. The number of hydrogen-bond donors (Lipinski definition) is 1. The zero-order valence-corrected chi connectivity index (χ0v) is 14.4. The van der Waals surface area contributed by atoms with E-state index in [1.54, 1.807) is 0 Å². The van der Waals surface area contributed by atoms with Gasteiger partial charge in [-0.25, -0.2) is 0 Å². The summed E-state index contributed by atoms with van der Waals surface area (Å²) in [6.45, 7) is 1.52. The third kappa shape index (κ3) is 19.3.